The van der Waals surface area contributed by atoms with Crippen LogP contribution in [-0.4, -0.2) is 35.2 Å². The van der Waals surface area contributed by atoms with Crippen molar-refractivity contribution in [3.63, 3.8) is 0 Å². The SMILES string of the molecule is Cc1cc(S(=O)(=O)N(C)C)cc(NS(=O)(=O)c2c(C)c(C)c(C)c(C)c2C)c1C. The quantitative estimate of drug-likeness (QED) is 0.767. The lowest BCUT2D eigenvalue weighted by molar-refractivity contribution is 0.520. The van der Waals surface area contributed by atoms with Crippen LogP contribution in [0.1, 0.15) is 38.9 Å². The van der Waals surface area contributed by atoms with Crippen molar-refractivity contribution in [3.05, 3.63) is 51.1 Å². The summed E-state index contributed by atoms with van der Waals surface area (Å²) in [4.78, 5) is 0.295. The van der Waals surface area contributed by atoms with E-state index in [1.807, 2.05) is 20.8 Å². The minimum Gasteiger partial charge on any atom is -0.279 e. The van der Waals surface area contributed by atoms with Crippen LogP contribution in [0.15, 0.2) is 21.9 Å². The van der Waals surface area contributed by atoms with E-state index < -0.39 is 20.0 Å². The zero-order chi connectivity index (χ0) is 22.5. The van der Waals surface area contributed by atoms with Gasteiger partial charge in [-0.3, -0.25) is 4.72 Å². The standard InChI is InChI=1S/C21H30N2O4S2/c1-12-10-19(29(26,27)23(8)9)11-20(13(12)2)22-28(24,25)21-17(6)15(4)14(3)16(5)18(21)7/h10-11,22H,1-9H3. The Morgan fingerprint density at radius 1 is 0.690 bits per heavy atom. The first-order valence-electron chi connectivity index (χ1n) is 9.26. The van der Waals surface area contributed by atoms with Crippen LogP contribution in [0.5, 0.6) is 0 Å². The second-order valence-corrected chi connectivity index (χ2v) is 11.5. The molecule has 29 heavy (non-hydrogen) atoms. The molecule has 0 radical (unpaired) electrons. The van der Waals surface area contributed by atoms with E-state index in [-0.39, 0.29) is 15.5 Å². The predicted molar refractivity (Wildman–Crippen MR) is 118 cm³/mol. The van der Waals surface area contributed by atoms with Gasteiger partial charge in [-0.25, -0.2) is 21.1 Å². The van der Waals surface area contributed by atoms with Gasteiger partial charge < -0.3 is 0 Å². The van der Waals surface area contributed by atoms with Crippen molar-refractivity contribution >= 4 is 25.7 Å². The van der Waals surface area contributed by atoms with Crippen LogP contribution < -0.4 is 4.72 Å². The molecular formula is C21H30N2O4S2. The molecule has 2 aromatic rings. The molecule has 160 valence electrons. The zero-order valence-electron chi connectivity index (χ0n) is 18.6. The monoisotopic (exact) mass is 438 g/mol. The molecule has 0 aliphatic heterocycles. The highest BCUT2D eigenvalue weighted by Gasteiger charge is 2.26. The second kappa shape index (κ2) is 7.74. The lowest BCUT2D eigenvalue weighted by Crippen LogP contribution is -2.23. The third-order valence-electron chi connectivity index (χ3n) is 5.86. The summed E-state index contributed by atoms with van der Waals surface area (Å²) in [6.45, 7) is 12.9. The van der Waals surface area contributed by atoms with E-state index in [0.717, 1.165) is 21.0 Å². The molecule has 0 aromatic heterocycles. The van der Waals surface area contributed by atoms with Crippen molar-refractivity contribution in [1.82, 2.24) is 4.31 Å². The van der Waals surface area contributed by atoms with Crippen molar-refractivity contribution in [2.75, 3.05) is 18.8 Å². The van der Waals surface area contributed by atoms with Crippen LogP contribution in [0.4, 0.5) is 5.69 Å². The molecule has 0 spiro atoms. The van der Waals surface area contributed by atoms with Gasteiger partial charge in [-0.05, 0) is 99.5 Å². The first kappa shape index (κ1) is 23.4. The molecule has 0 unspecified atom stereocenters. The fraction of sp³-hybridized carbons (Fsp3) is 0.429. The number of rotatable bonds is 5. The van der Waals surface area contributed by atoms with E-state index in [4.69, 9.17) is 0 Å². The largest absolute Gasteiger partial charge is 0.279 e. The summed E-state index contributed by atoms with van der Waals surface area (Å²) in [5.41, 5.74) is 5.98. The Morgan fingerprint density at radius 2 is 1.14 bits per heavy atom. The van der Waals surface area contributed by atoms with E-state index in [9.17, 15) is 16.8 Å². The maximum Gasteiger partial charge on any atom is 0.262 e. The van der Waals surface area contributed by atoms with Crippen LogP contribution >= 0.6 is 0 Å². The Kier molecular flexibility index (Phi) is 6.24. The average Bonchev–Trinajstić information content (AvgIpc) is 2.61. The predicted octanol–water partition coefficient (Wildman–Crippen LogP) is 3.90. The molecule has 0 saturated heterocycles. The molecule has 2 rings (SSSR count). The second-order valence-electron chi connectivity index (χ2n) is 7.76. The molecule has 0 heterocycles. The third-order valence-corrected chi connectivity index (χ3v) is 9.30. The van der Waals surface area contributed by atoms with Crippen molar-refractivity contribution < 1.29 is 16.8 Å². The highest BCUT2D eigenvalue weighted by atomic mass is 32.2. The van der Waals surface area contributed by atoms with Gasteiger partial charge >= 0.3 is 0 Å². The van der Waals surface area contributed by atoms with E-state index in [1.165, 1.54) is 20.2 Å². The number of nitrogens with one attached hydrogen (secondary N) is 1. The Morgan fingerprint density at radius 3 is 1.59 bits per heavy atom. The van der Waals surface area contributed by atoms with Gasteiger partial charge in [0.1, 0.15) is 0 Å². The van der Waals surface area contributed by atoms with E-state index in [1.54, 1.807) is 33.8 Å². The molecule has 0 bridgehead atoms. The molecule has 0 aliphatic carbocycles. The van der Waals surface area contributed by atoms with Crippen molar-refractivity contribution in [2.24, 2.45) is 0 Å². The van der Waals surface area contributed by atoms with Gasteiger partial charge in [0.25, 0.3) is 10.0 Å². The molecule has 8 heteroatoms. The number of benzene rings is 2. The van der Waals surface area contributed by atoms with Crippen molar-refractivity contribution in [3.8, 4) is 0 Å². The van der Waals surface area contributed by atoms with Gasteiger partial charge in [-0.15, -0.1) is 0 Å². The van der Waals surface area contributed by atoms with Crippen molar-refractivity contribution in [2.45, 2.75) is 58.3 Å². The summed E-state index contributed by atoms with van der Waals surface area (Å²) in [5, 5.41) is 0. The van der Waals surface area contributed by atoms with Crippen LogP contribution in [0.25, 0.3) is 0 Å². The van der Waals surface area contributed by atoms with E-state index in [2.05, 4.69) is 4.72 Å². The first-order chi connectivity index (χ1) is 13.1. The number of anilines is 1. The fourth-order valence-electron chi connectivity index (χ4n) is 3.36. The average molecular weight is 439 g/mol. The molecule has 0 saturated carbocycles. The zero-order valence-corrected chi connectivity index (χ0v) is 20.2. The maximum absolute atomic E-state index is 13.3. The van der Waals surface area contributed by atoms with E-state index in [0.29, 0.717) is 22.3 Å². The van der Waals surface area contributed by atoms with Crippen LogP contribution in [0.3, 0.4) is 0 Å². The maximum atomic E-state index is 13.3. The first-order valence-corrected chi connectivity index (χ1v) is 12.2. The Hall–Kier alpha value is -1.90. The van der Waals surface area contributed by atoms with Gasteiger partial charge in [-0.2, -0.15) is 0 Å². The molecule has 0 amide bonds. The minimum absolute atomic E-state index is 0.0491. The Bertz CT molecular complexity index is 1170. The topological polar surface area (TPSA) is 83.6 Å². The van der Waals surface area contributed by atoms with Gasteiger partial charge in [0.2, 0.25) is 10.0 Å². The van der Waals surface area contributed by atoms with Gasteiger partial charge in [0, 0.05) is 14.1 Å². The summed E-state index contributed by atoms with van der Waals surface area (Å²) in [6.07, 6.45) is 0. The van der Waals surface area contributed by atoms with Crippen LogP contribution in [-0.2, 0) is 20.0 Å². The number of sulfonamides is 2. The third kappa shape index (κ3) is 4.06. The molecule has 0 aliphatic rings. The normalized spacial score (nSPS) is 12.5. The highest BCUT2D eigenvalue weighted by molar-refractivity contribution is 7.92. The van der Waals surface area contributed by atoms with Gasteiger partial charge in [0.15, 0.2) is 0 Å². The smallest absolute Gasteiger partial charge is 0.262 e. The fourth-order valence-corrected chi connectivity index (χ4v) is 6.09. The Labute approximate surface area is 175 Å². The lowest BCUT2D eigenvalue weighted by atomic mass is 9.95. The minimum atomic E-state index is -3.92. The summed E-state index contributed by atoms with van der Waals surface area (Å²) < 4.78 is 55.6. The van der Waals surface area contributed by atoms with E-state index >= 15 is 0 Å². The van der Waals surface area contributed by atoms with Crippen molar-refractivity contribution in [1.29, 1.82) is 0 Å². The molecule has 1 N–H and O–H groups in total. The highest BCUT2D eigenvalue weighted by Crippen LogP contribution is 2.32. The summed E-state index contributed by atoms with van der Waals surface area (Å²) in [6, 6.07) is 2.94. The molecule has 2 aromatic carbocycles. The number of aryl methyl sites for hydroxylation is 1. The van der Waals surface area contributed by atoms with Crippen LogP contribution in [0, 0.1) is 48.5 Å². The molecule has 0 fully saturated rings. The molecule has 6 nitrogen and oxygen atoms in total. The summed E-state index contributed by atoms with van der Waals surface area (Å²) in [7, 11) is -4.73. The number of hydrogen-bond acceptors (Lipinski definition) is 4. The van der Waals surface area contributed by atoms with Crippen LogP contribution in [0.2, 0.25) is 0 Å². The van der Waals surface area contributed by atoms with Gasteiger partial charge in [-0.1, -0.05) is 0 Å². The summed E-state index contributed by atoms with van der Waals surface area (Å²) in [5.74, 6) is 0. The molecule has 0 atom stereocenters. The number of hydrogen-bond donors (Lipinski definition) is 1. The Balaban J connectivity index is 2.71. The lowest BCUT2D eigenvalue weighted by Gasteiger charge is -2.21. The van der Waals surface area contributed by atoms with Gasteiger partial charge in [0.05, 0.1) is 15.5 Å². The summed E-state index contributed by atoms with van der Waals surface area (Å²) >= 11 is 0. The number of nitrogens with zero attached hydrogens (tertiary/aromatic N) is 1. The molecular weight excluding hydrogens is 408 g/mol.